The number of amides is 1. The van der Waals surface area contributed by atoms with Crippen LogP contribution in [-0.2, 0) is 11.3 Å². The highest BCUT2D eigenvalue weighted by molar-refractivity contribution is 9.11. The summed E-state index contributed by atoms with van der Waals surface area (Å²) in [4.78, 5) is 12.4. The Balaban J connectivity index is 1.97. The molecule has 0 bridgehead atoms. The third-order valence-corrected chi connectivity index (χ3v) is 4.01. The molecule has 0 atom stereocenters. The van der Waals surface area contributed by atoms with Crippen LogP contribution >= 0.6 is 27.3 Å². The summed E-state index contributed by atoms with van der Waals surface area (Å²) in [6, 6.07) is 11.6. The van der Waals surface area contributed by atoms with Crippen molar-refractivity contribution in [2.24, 2.45) is 0 Å². The molecule has 2 N–H and O–H groups in total. The van der Waals surface area contributed by atoms with Crippen molar-refractivity contribution in [3.05, 3.63) is 45.1 Å². The SMILES string of the molecule is COC(=O)Nc1cccc(NCc2ccc(Br)s2)c1. The molecule has 4 nitrogen and oxygen atoms in total. The number of ether oxygens (including phenoxy) is 1. The van der Waals surface area contributed by atoms with Crippen LogP contribution < -0.4 is 10.6 Å². The van der Waals surface area contributed by atoms with E-state index in [4.69, 9.17) is 0 Å². The number of thiophene rings is 1. The smallest absolute Gasteiger partial charge is 0.411 e. The monoisotopic (exact) mass is 340 g/mol. The lowest BCUT2D eigenvalue weighted by Crippen LogP contribution is -2.11. The molecule has 19 heavy (non-hydrogen) atoms. The molecule has 2 rings (SSSR count). The predicted octanol–water partition coefficient (Wildman–Crippen LogP) is 4.30. The van der Waals surface area contributed by atoms with Gasteiger partial charge in [0.25, 0.3) is 0 Å². The number of anilines is 2. The van der Waals surface area contributed by atoms with E-state index in [1.54, 1.807) is 11.3 Å². The molecule has 0 saturated carbocycles. The molecule has 100 valence electrons. The van der Waals surface area contributed by atoms with Crippen molar-refractivity contribution < 1.29 is 9.53 Å². The Kier molecular flexibility index (Phi) is 4.81. The van der Waals surface area contributed by atoms with Crippen molar-refractivity contribution in [2.45, 2.75) is 6.54 Å². The fraction of sp³-hybridized carbons (Fsp3) is 0.154. The number of rotatable bonds is 4. The molecule has 0 fully saturated rings. The Morgan fingerprint density at radius 2 is 2.11 bits per heavy atom. The van der Waals surface area contributed by atoms with Crippen LogP contribution in [0.4, 0.5) is 16.2 Å². The molecule has 2 aromatic rings. The van der Waals surface area contributed by atoms with E-state index in [0.717, 1.165) is 16.0 Å². The largest absolute Gasteiger partial charge is 0.453 e. The van der Waals surface area contributed by atoms with Crippen LogP contribution in [0.5, 0.6) is 0 Å². The van der Waals surface area contributed by atoms with E-state index in [1.165, 1.54) is 12.0 Å². The lowest BCUT2D eigenvalue weighted by atomic mass is 10.2. The number of methoxy groups -OCH3 is 1. The molecule has 1 amide bonds. The standard InChI is InChI=1S/C13H13BrN2O2S/c1-18-13(17)16-10-4-2-3-9(7-10)15-8-11-5-6-12(14)19-11/h2-7,15H,8H2,1H3,(H,16,17). The normalized spacial score (nSPS) is 10.0. The van der Waals surface area contributed by atoms with Crippen molar-refractivity contribution in [2.75, 3.05) is 17.7 Å². The number of carbonyl (C=O) groups is 1. The maximum Gasteiger partial charge on any atom is 0.411 e. The molecule has 1 heterocycles. The highest BCUT2D eigenvalue weighted by Gasteiger charge is 2.02. The minimum absolute atomic E-state index is 0.473. The third kappa shape index (κ3) is 4.25. The molecule has 1 aromatic carbocycles. The van der Waals surface area contributed by atoms with Crippen LogP contribution in [0.25, 0.3) is 0 Å². The van der Waals surface area contributed by atoms with Gasteiger partial charge in [-0.1, -0.05) is 6.07 Å². The Morgan fingerprint density at radius 3 is 2.79 bits per heavy atom. The first kappa shape index (κ1) is 13.9. The zero-order valence-electron chi connectivity index (χ0n) is 10.3. The summed E-state index contributed by atoms with van der Waals surface area (Å²) in [7, 11) is 1.34. The van der Waals surface area contributed by atoms with Crippen molar-refractivity contribution in [3.8, 4) is 0 Å². The summed E-state index contributed by atoms with van der Waals surface area (Å²) in [6.45, 7) is 0.748. The average Bonchev–Trinajstić information content (AvgIpc) is 2.82. The third-order valence-electron chi connectivity index (χ3n) is 2.39. The molecule has 0 unspecified atom stereocenters. The molecule has 6 heteroatoms. The fourth-order valence-corrected chi connectivity index (χ4v) is 2.93. The number of halogens is 1. The molecule has 0 spiro atoms. The number of hydrogen-bond acceptors (Lipinski definition) is 4. The quantitative estimate of drug-likeness (QED) is 0.872. The number of carbonyl (C=O) groups excluding carboxylic acids is 1. The van der Waals surface area contributed by atoms with Crippen molar-refractivity contribution in [1.82, 2.24) is 0 Å². The second-order valence-corrected chi connectivity index (χ2v) is 6.30. The van der Waals surface area contributed by atoms with E-state index in [-0.39, 0.29) is 0 Å². The van der Waals surface area contributed by atoms with Crippen molar-refractivity contribution in [1.29, 1.82) is 0 Å². The summed E-state index contributed by atoms with van der Waals surface area (Å²) in [5, 5.41) is 5.93. The molecule has 0 aliphatic carbocycles. The van der Waals surface area contributed by atoms with Gasteiger partial charge in [-0.15, -0.1) is 11.3 Å². The van der Waals surface area contributed by atoms with Crippen LogP contribution in [-0.4, -0.2) is 13.2 Å². The first-order chi connectivity index (χ1) is 9.17. The molecule has 0 saturated heterocycles. The zero-order chi connectivity index (χ0) is 13.7. The van der Waals surface area contributed by atoms with Crippen molar-refractivity contribution in [3.63, 3.8) is 0 Å². The highest BCUT2D eigenvalue weighted by atomic mass is 79.9. The first-order valence-electron chi connectivity index (χ1n) is 5.60. The highest BCUT2D eigenvalue weighted by Crippen LogP contribution is 2.23. The van der Waals surface area contributed by atoms with Crippen LogP contribution in [0, 0.1) is 0 Å². The van der Waals surface area contributed by atoms with Crippen molar-refractivity contribution >= 4 is 44.7 Å². The molecule has 0 radical (unpaired) electrons. The molecule has 0 aliphatic rings. The van der Waals surface area contributed by atoms with E-state index in [0.29, 0.717) is 5.69 Å². The van der Waals surface area contributed by atoms with E-state index < -0.39 is 6.09 Å². The van der Waals surface area contributed by atoms with Gasteiger partial charge in [0.15, 0.2) is 0 Å². The maximum atomic E-state index is 11.1. The van der Waals surface area contributed by atoms with Gasteiger partial charge in [-0.2, -0.15) is 0 Å². The summed E-state index contributed by atoms with van der Waals surface area (Å²) >= 11 is 5.12. The Labute approximate surface area is 123 Å². The van der Waals surface area contributed by atoms with Crippen LogP contribution in [0.1, 0.15) is 4.88 Å². The van der Waals surface area contributed by atoms with Gasteiger partial charge >= 0.3 is 6.09 Å². The number of hydrogen-bond donors (Lipinski definition) is 2. The molecule has 0 aliphatic heterocycles. The predicted molar refractivity (Wildman–Crippen MR) is 81.8 cm³/mol. The topological polar surface area (TPSA) is 50.4 Å². The minimum Gasteiger partial charge on any atom is -0.453 e. The summed E-state index contributed by atoms with van der Waals surface area (Å²) in [5.41, 5.74) is 1.64. The van der Waals surface area contributed by atoms with Gasteiger partial charge in [0.1, 0.15) is 0 Å². The van der Waals surface area contributed by atoms with Gasteiger partial charge in [-0.3, -0.25) is 5.32 Å². The number of benzene rings is 1. The van der Waals surface area contributed by atoms with E-state index in [9.17, 15) is 4.79 Å². The van der Waals surface area contributed by atoms with Gasteiger partial charge in [0.05, 0.1) is 10.9 Å². The number of nitrogens with one attached hydrogen (secondary N) is 2. The summed E-state index contributed by atoms with van der Waals surface area (Å²) in [6.07, 6.45) is -0.473. The lowest BCUT2D eigenvalue weighted by molar-refractivity contribution is 0.187. The summed E-state index contributed by atoms with van der Waals surface area (Å²) < 4.78 is 5.67. The van der Waals surface area contributed by atoms with E-state index in [2.05, 4.69) is 37.4 Å². The Hall–Kier alpha value is -1.53. The van der Waals surface area contributed by atoms with Crippen LogP contribution in [0.3, 0.4) is 0 Å². The Bertz CT molecular complexity index is 571. The minimum atomic E-state index is -0.473. The first-order valence-corrected chi connectivity index (χ1v) is 7.21. The molecular weight excluding hydrogens is 328 g/mol. The Morgan fingerprint density at radius 1 is 1.32 bits per heavy atom. The van der Waals surface area contributed by atoms with E-state index >= 15 is 0 Å². The van der Waals surface area contributed by atoms with Gasteiger partial charge in [0, 0.05) is 22.8 Å². The lowest BCUT2D eigenvalue weighted by Gasteiger charge is -2.08. The van der Waals surface area contributed by atoms with Crippen LogP contribution in [0.15, 0.2) is 40.2 Å². The average molecular weight is 341 g/mol. The molecule has 1 aromatic heterocycles. The van der Waals surface area contributed by atoms with Gasteiger partial charge < -0.3 is 10.1 Å². The zero-order valence-corrected chi connectivity index (χ0v) is 12.7. The van der Waals surface area contributed by atoms with Gasteiger partial charge in [0.2, 0.25) is 0 Å². The second-order valence-electron chi connectivity index (χ2n) is 3.76. The van der Waals surface area contributed by atoms with Crippen LogP contribution in [0.2, 0.25) is 0 Å². The second kappa shape index (κ2) is 6.58. The maximum absolute atomic E-state index is 11.1. The van der Waals surface area contributed by atoms with Gasteiger partial charge in [-0.25, -0.2) is 4.79 Å². The fourth-order valence-electron chi connectivity index (χ4n) is 1.51. The van der Waals surface area contributed by atoms with E-state index in [1.807, 2.05) is 30.3 Å². The molecular formula is C13H13BrN2O2S. The summed E-state index contributed by atoms with van der Waals surface area (Å²) in [5.74, 6) is 0. The van der Waals surface area contributed by atoms with Gasteiger partial charge in [-0.05, 0) is 46.3 Å².